The number of anilines is 1. The molecular weight excluding hydrogens is 247 g/mol. The van der Waals surface area contributed by atoms with E-state index in [0.717, 1.165) is 12.1 Å². The Bertz CT molecular complexity index is 701. The first kappa shape index (κ1) is 11.6. The van der Waals surface area contributed by atoms with Gasteiger partial charge in [0.05, 0.1) is 18.9 Å². The standard InChI is InChI=1S/C12H13FN6/c1-9-6-15-18(7-9)5-4-14-12-16-11-3-2-10(13)8-19(11)17-12/h2-3,6-8H,4-5H2,1H3,(H,14,17). The van der Waals surface area contributed by atoms with E-state index in [2.05, 4.69) is 20.5 Å². The zero-order valence-corrected chi connectivity index (χ0v) is 10.4. The number of aryl methyl sites for hydroxylation is 1. The van der Waals surface area contributed by atoms with Gasteiger partial charge in [-0.2, -0.15) is 10.1 Å². The van der Waals surface area contributed by atoms with Crippen molar-refractivity contribution in [1.29, 1.82) is 0 Å². The summed E-state index contributed by atoms with van der Waals surface area (Å²) in [6, 6.07) is 2.95. The second-order valence-corrected chi connectivity index (χ2v) is 4.29. The van der Waals surface area contributed by atoms with E-state index in [1.165, 1.54) is 16.8 Å². The summed E-state index contributed by atoms with van der Waals surface area (Å²) in [6.07, 6.45) is 5.07. The second-order valence-electron chi connectivity index (χ2n) is 4.29. The predicted molar refractivity (Wildman–Crippen MR) is 68.4 cm³/mol. The third-order valence-corrected chi connectivity index (χ3v) is 2.68. The fourth-order valence-electron chi connectivity index (χ4n) is 1.80. The Labute approximate surface area is 108 Å². The SMILES string of the molecule is Cc1cnn(CCNc2nc3ccc(F)cn3n2)c1. The number of nitrogens with one attached hydrogen (secondary N) is 1. The maximum absolute atomic E-state index is 13.0. The van der Waals surface area contributed by atoms with E-state index in [-0.39, 0.29) is 5.82 Å². The number of hydrogen-bond donors (Lipinski definition) is 1. The highest BCUT2D eigenvalue weighted by Gasteiger charge is 2.03. The average Bonchev–Trinajstić information content (AvgIpc) is 2.95. The Kier molecular flexibility index (Phi) is 2.86. The molecule has 19 heavy (non-hydrogen) atoms. The molecule has 0 aliphatic rings. The molecule has 0 atom stereocenters. The molecule has 0 saturated heterocycles. The van der Waals surface area contributed by atoms with Crippen LogP contribution in [-0.4, -0.2) is 30.9 Å². The number of halogens is 1. The zero-order valence-electron chi connectivity index (χ0n) is 10.4. The van der Waals surface area contributed by atoms with E-state index in [1.54, 1.807) is 6.07 Å². The number of rotatable bonds is 4. The van der Waals surface area contributed by atoms with Crippen molar-refractivity contribution in [3.05, 3.63) is 42.1 Å². The van der Waals surface area contributed by atoms with Crippen LogP contribution in [0.2, 0.25) is 0 Å². The zero-order chi connectivity index (χ0) is 13.2. The number of fused-ring (bicyclic) bond motifs is 1. The summed E-state index contributed by atoms with van der Waals surface area (Å²) in [7, 11) is 0. The van der Waals surface area contributed by atoms with Crippen LogP contribution in [0.4, 0.5) is 10.3 Å². The van der Waals surface area contributed by atoms with Gasteiger partial charge in [0, 0.05) is 12.7 Å². The van der Waals surface area contributed by atoms with Crippen LogP contribution in [0, 0.1) is 12.7 Å². The van der Waals surface area contributed by atoms with Gasteiger partial charge in [-0.05, 0) is 24.6 Å². The summed E-state index contributed by atoms with van der Waals surface area (Å²) >= 11 is 0. The number of pyridine rings is 1. The fourth-order valence-corrected chi connectivity index (χ4v) is 1.80. The van der Waals surface area contributed by atoms with E-state index < -0.39 is 0 Å². The van der Waals surface area contributed by atoms with Gasteiger partial charge >= 0.3 is 0 Å². The highest BCUT2D eigenvalue weighted by atomic mass is 19.1. The molecule has 7 heteroatoms. The van der Waals surface area contributed by atoms with Crippen molar-refractivity contribution in [1.82, 2.24) is 24.4 Å². The lowest BCUT2D eigenvalue weighted by molar-refractivity contribution is 0.614. The topological polar surface area (TPSA) is 60.0 Å². The minimum atomic E-state index is -0.337. The molecule has 1 N–H and O–H groups in total. The molecule has 0 bridgehead atoms. The molecule has 3 aromatic rings. The highest BCUT2D eigenvalue weighted by Crippen LogP contribution is 2.06. The summed E-state index contributed by atoms with van der Waals surface area (Å²) in [5.41, 5.74) is 1.74. The summed E-state index contributed by atoms with van der Waals surface area (Å²) < 4.78 is 16.3. The molecule has 3 heterocycles. The maximum atomic E-state index is 13.0. The number of nitrogens with zero attached hydrogens (tertiary/aromatic N) is 5. The van der Waals surface area contributed by atoms with Gasteiger partial charge in [-0.1, -0.05) is 0 Å². The van der Waals surface area contributed by atoms with Crippen molar-refractivity contribution >= 4 is 11.6 Å². The largest absolute Gasteiger partial charge is 0.351 e. The Morgan fingerprint density at radius 3 is 3.00 bits per heavy atom. The molecule has 0 fully saturated rings. The summed E-state index contributed by atoms with van der Waals surface area (Å²) in [4.78, 5) is 4.23. The minimum Gasteiger partial charge on any atom is -0.351 e. The maximum Gasteiger partial charge on any atom is 0.243 e. The van der Waals surface area contributed by atoms with E-state index in [4.69, 9.17) is 0 Å². The summed E-state index contributed by atoms with van der Waals surface area (Å²) in [5.74, 6) is 0.144. The first-order chi connectivity index (χ1) is 9.20. The Balaban J connectivity index is 1.65. The van der Waals surface area contributed by atoms with Crippen LogP contribution in [0.3, 0.4) is 0 Å². The Morgan fingerprint density at radius 2 is 2.21 bits per heavy atom. The third kappa shape index (κ3) is 2.54. The van der Waals surface area contributed by atoms with Crippen molar-refractivity contribution in [3.8, 4) is 0 Å². The predicted octanol–water partition coefficient (Wildman–Crippen LogP) is 1.49. The molecular formula is C12H13FN6. The van der Waals surface area contributed by atoms with Gasteiger partial charge in [0.2, 0.25) is 5.95 Å². The molecule has 3 aromatic heterocycles. The van der Waals surface area contributed by atoms with Crippen LogP contribution < -0.4 is 5.32 Å². The van der Waals surface area contributed by atoms with Gasteiger partial charge < -0.3 is 5.32 Å². The average molecular weight is 260 g/mol. The van der Waals surface area contributed by atoms with Crippen LogP contribution in [0.15, 0.2) is 30.7 Å². The first-order valence-corrected chi connectivity index (χ1v) is 5.95. The quantitative estimate of drug-likeness (QED) is 0.772. The summed E-state index contributed by atoms with van der Waals surface area (Å²) in [6.45, 7) is 3.37. The van der Waals surface area contributed by atoms with Gasteiger partial charge in [0.1, 0.15) is 5.82 Å². The Hall–Kier alpha value is -2.44. The molecule has 98 valence electrons. The van der Waals surface area contributed by atoms with Crippen LogP contribution >= 0.6 is 0 Å². The lowest BCUT2D eigenvalue weighted by atomic mass is 10.4. The summed E-state index contributed by atoms with van der Waals surface area (Å²) in [5, 5.41) is 11.4. The molecule has 0 amide bonds. The Morgan fingerprint density at radius 1 is 1.32 bits per heavy atom. The molecule has 6 nitrogen and oxygen atoms in total. The van der Waals surface area contributed by atoms with Crippen molar-refractivity contribution in [2.45, 2.75) is 13.5 Å². The monoisotopic (exact) mass is 260 g/mol. The molecule has 0 aliphatic heterocycles. The van der Waals surface area contributed by atoms with E-state index >= 15 is 0 Å². The van der Waals surface area contributed by atoms with Gasteiger partial charge in [0.15, 0.2) is 5.65 Å². The van der Waals surface area contributed by atoms with Crippen molar-refractivity contribution < 1.29 is 4.39 Å². The molecule has 0 spiro atoms. The molecule has 0 unspecified atom stereocenters. The number of hydrogen-bond acceptors (Lipinski definition) is 4. The van der Waals surface area contributed by atoms with E-state index in [9.17, 15) is 4.39 Å². The second kappa shape index (κ2) is 4.68. The van der Waals surface area contributed by atoms with Crippen LogP contribution in [0.5, 0.6) is 0 Å². The molecule has 0 radical (unpaired) electrons. The van der Waals surface area contributed by atoms with Crippen molar-refractivity contribution in [2.24, 2.45) is 0 Å². The van der Waals surface area contributed by atoms with Crippen molar-refractivity contribution in [3.63, 3.8) is 0 Å². The fraction of sp³-hybridized carbons (Fsp3) is 0.250. The van der Waals surface area contributed by atoms with E-state index in [0.29, 0.717) is 18.1 Å². The van der Waals surface area contributed by atoms with Gasteiger partial charge in [-0.15, -0.1) is 5.10 Å². The van der Waals surface area contributed by atoms with Gasteiger partial charge in [0.25, 0.3) is 0 Å². The normalized spacial score (nSPS) is 11.1. The highest BCUT2D eigenvalue weighted by molar-refractivity contribution is 5.42. The van der Waals surface area contributed by atoms with Crippen molar-refractivity contribution in [2.75, 3.05) is 11.9 Å². The third-order valence-electron chi connectivity index (χ3n) is 2.68. The molecule has 0 aliphatic carbocycles. The lowest BCUT2D eigenvalue weighted by Crippen LogP contribution is -2.11. The molecule has 0 aromatic carbocycles. The molecule has 3 rings (SSSR count). The van der Waals surface area contributed by atoms with Crippen LogP contribution in [-0.2, 0) is 6.54 Å². The van der Waals surface area contributed by atoms with Crippen LogP contribution in [0.1, 0.15) is 5.56 Å². The van der Waals surface area contributed by atoms with E-state index in [1.807, 2.05) is 24.0 Å². The minimum absolute atomic E-state index is 0.337. The smallest absolute Gasteiger partial charge is 0.243 e. The number of aromatic nitrogens is 5. The molecule has 0 saturated carbocycles. The van der Waals surface area contributed by atoms with Gasteiger partial charge in [-0.25, -0.2) is 8.91 Å². The van der Waals surface area contributed by atoms with Crippen LogP contribution in [0.25, 0.3) is 5.65 Å². The lowest BCUT2D eigenvalue weighted by Gasteiger charge is -2.01. The van der Waals surface area contributed by atoms with Gasteiger partial charge in [-0.3, -0.25) is 4.68 Å². The first-order valence-electron chi connectivity index (χ1n) is 5.95.